The first-order valence-electron chi connectivity index (χ1n) is 8.06. The van der Waals surface area contributed by atoms with Crippen molar-refractivity contribution in [2.24, 2.45) is 0 Å². The van der Waals surface area contributed by atoms with Gasteiger partial charge in [-0.05, 0) is 51.3 Å². The molecule has 0 aromatic heterocycles. The molecule has 24 heavy (non-hydrogen) atoms. The number of carbonyl (C=O) groups is 2. The largest absolute Gasteiger partial charge is 0.444 e. The first-order valence-corrected chi connectivity index (χ1v) is 8.06. The van der Waals surface area contributed by atoms with Crippen molar-refractivity contribution in [2.45, 2.75) is 51.8 Å². The van der Waals surface area contributed by atoms with E-state index in [1.807, 2.05) is 0 Å². The maximum Gasteiger partial charge on any atom is 0.410 e. The van der Waals surface area contributed by atoms with E-state index in [2.05, 4.69) is 11.4 Å². The van der Waals surface area contributed by atoms with Crippen LogP contribution in [0.15, 0.2) is 24.3 Å². The Hall–Kier alpha value is -2.55. The van der Waals surface area contributed by atoms with Crippen molar-refractivity contribution in [1.29, 1.82) is 5.26 Å². The molecule has 0 spiro atoms. The number of hydrogen-bond donors (Lipinski definition) is 1. The predicted molar refractivity (Wildman–Crippen MR) is 89.0 cm³/mol. The lowest BCUT2D eigenvalue weighted by Crippen LogP contribution is -2.47. The lowest BCUT2D eigenvalue weighted by Gasteiger charge is -2.28. The van der Waals surface area contributed by atoms with Crippen LogP contribution in [-0.4, -0.2) is 35.1 Å². The summed E-state index contributed by atoms with van der Waals surface area (Å²) >= 11 is 0. The summed E-state index contributed by atoms with van der Waals surface area (Å²) < 4.78 is 5.37. The van der Waals surface area contributed by atoms with Gasteiger partial charge in [-0.15, -0.1) is 0 Å². The van der Waals surface area contributed by atoms with Crippen LogP contribution < -0.4 is 5.32 Å². The highest BCUT2D eigenvalue weighted by molar-refractivity contribution is 5.86. The zero-order valence-corrected chi connectivity index (χ0v) is 14.3. The van der Waals surface area contributed by atoms with Crippen LogP contribution in [0.1, 0.15) is 44.7 Å². The molecule has 0 aliphatic carbocycles. The van der Waals surface area contributed by atoms with Gasteiger partial charge in [0.05, 0.1) is 11.6 Å². The first kappa shape index (κ1) is 17.8. The molecule has 1 aliphatic heterocycles. The van der Waals surface area contributed by atoms with Crippen LogP contribution in [0.4, 0.5) is 4.79 Å². The summed E-state index contributed by atoms with van der Waals surface area (Å²) in [6.07, 6.45) is 0.977. The molecular weight excluding hydrogens is 306 g/mol. The quantitative estimate of drug-likeness (QED) is 0.924. The summed E-state index contributed by atoms with van der Waals surface area (Å²) in [5, 5.41) is 11.6. The molecule has 6 heteroatoms. The highest BCUT2D eigenvalue weighted by Gasteiger charge is 2.36. The van der Waals surface area contributed by atoms with Crippen LogP contribution in [0.25, 0.3) is 0 Å². The average Bonchev–Trinajstić information content (AvgIpc) is 3.01. The minimum atomic E-state index is -0.580. The fourth-order valence-corrected chi connectivity index (χ4v) is 2.58. The van der Waals surface area contributed by atoms with Crippen LogP contribution in [0, 0.1) is 11.3 Å². The third-order valence-electron chi connectivity index (χ3n) is 3.73. The van der Waals surface area contributed by atoms with Crippen molar-refractivity contribution in [3.05, 3.63) is 35.4 Å². The normalized spacial score (nSPS) is 17.2. The molecule has 0 radical (unpaired) electrons. The first-order chi connectivity index (χ1) is 11.3. The molecule has 0 bridgehead atoms. The van der Waals surface area contributed by atoms with E-state index in [0.717, 1.165) is 12.0 Å². The summed E-state index contributed by atoms with van der Waals surface area (Å²) in [5.74, 6) is -0.178. The van der Waals surface area contributed by atoms with Gasteiger partial charge in [0.25, 0.3) is 0 Å². The molecular formula is C18H23N3O3. The van der Waals surface area contributed by atoms with Crippen molar-refractivity contribution in [2.75, 3.05) is 6.54 Å². The molecule has 0 saturated carbocycles. The Bertz CT molecular complexity index is 641. The molecule has 2 rings (SSSR count). The number of amides is 2. The van der Waals surface area contributed by atoms with Gasteiger partial charge in [-0.1, -0.05) is 12.1 Å². The highest BCUT2D eigenvalue weighted by atomic mass is 16.6. The third kappa shape index (κ3) is 4.72. The van der Waals surface area contributed by atoms with E-state index in [9.17, 15) is 9.59 Å². The monoisotopic (exact) mass is 329 g/mol. The number of nitriles is 1. The number of carbonyl (C=O) groups excluding carboxylic acids is 2. The van der Waals surface area contributed by atoms with Crippen molar-refractivity contribution >= 4 is 12.0 Å². The average molecular weight is 329 g/mol. The molecule has 1 aromatic rings. The van der Waals surface area contributed by atoms with E-state index in [0.29, 0.717) is 25.1 Å². The Balaban J connectivity index is 1.93. The number of hydrogen-bond acceptors (Lipinski definition) is 4. The zero-order valence-electron chi connectivity index (χ0n) is 14.3. The summed E-state index contributed by atoms with van der Waals surface area (Å²) in [5.41, 5.74) is 0.907. The second-order valence-corrected chi connectivity index (χ2v) is 6.86. The second-order valence-electron chi connectivity index (χ2n) is 6.86. The van der Waals surface area contributed by atoms with Crippen LogP contribution in [0.3, 0.4) is 0 Å². The molecule has 0 unspecified atom stereocenters. The Morgan fingerprint density at radius 1 is 1.33 bits per heavy atom. The Morgan fingerprint density at radius 3 is 2.58 bits per heavy atom. The summed E-state index contributed by atoms with van der Waals surface area (Å²) in [6.45, 7) is 6.32. The second kappa shape index (κ2) is 7.35. The highest BCUT2D eigenvalue weighted by Crippen LogP contribution is 2.21. The molecule has 128 valence electrons. The summed E-state index contributed by atoms with van der Waals surface area (Å²) in [6, 6.07) is 8.60. The smallest absolute Gasteiger partial charge is 0.410 e. The van der Waals surface area contributed by atoms with Gasteiger partial charge in [0.2, 0.25) is 5.91 Å². The maximum atomic E-state index is 12.4. The number of likely N-dealkylation sites (tertiary alicyclic amines) is 1. The number of nitrogens with zero attached hydrogens (tertiary/aromatic N) is 2. The Labute approximate surface area is 142 Å². The summed E-state index contributed by atoms with van der Waals surface area (Å²) in [7, 11) is 0. The predicted octanol–water partition coefficient (Wildman–Crippen LogP) is 2.57. The van der Waals surface area contributed by atoms with E-state index in [1.54, 1.807) is 45.0 Å². The van der Waals surface area contributed by atoms with E-state index in [-0.39, 0.29) is 5.91 Å². The van der Waals surface area contributed by atoms with Gasteiger partial charge in [-0.25, -0.2) is 4.79 Å². The number of ether oxygens (including phenoxy) is 1. The number of nitrogens with one attached hydrogen (secondary N) is 1. The van der Waals surface area contributed by atoms with Gasteiger partial charge in [0.15, 0.2) is 0 Å². The summed E-state index contributed by atoms with van der Waals surface area (Å²) in [4.78, 5) is 26.1. The van der Waals surface area contributed by atoms with Gasteiger partial charge in [-0.3, -0.25) is 9.69 Å². The lowest BCUT2D eigenvalue weighted by atomic mass is 10.1. The van der Waals surface area contributed by atoms with Crippen molar-refractivity contribution in [3.63, 3.8) is 0 Å². The third-order valence-corrected chi connectivity index (χ3v) is 3.73. The van der Waals surface area contributed by atoms with E-state index in [1.165, 1.54) is 4.90 Å². The van der Waals surface area contributed by atoms with Crippen molar-refractivity contribution in [1.82, 2.24) is 10.2 Å². The lowest BCUT2D eigenvalue weighted by molar-refractivity contribution is -0.125. The molecule has 2 amide bonds. The molecule has 1 aromatic carbocycles. The van der Waals surface area contributed by atoms with Gasteiger partial charge in [0, 0.05) is 13.1 Å². The minimum Gasteiger partial charge on any atom is -0.444 e. The number of rotatable bonds is 3. The zero-order chi connectivity index (χ0) is 17.7. The molecule has 1 heterocycles. The maximum absolute atomic E-state index is 12.4. The SMILES string of the molecule is CC(C)(C)OC(=O)N1CCC[C@@H]1C(=O)NCc1ccc(C#N)cc1. The minimum absolute atomic E-state index is 0.178. The fourth-order valence-electron chi connectivity index (χ4n) is 2.58. The fraction of sp³-hybridized carbons (Fsp3) is 0.500. The van der Waals surface area contributed by atoms with Gasteiger partial charge < -0.3 is 10.1 Å². The Kier molecular flexibility index (Phi) is 5.45. The van der Waals surface area contributed by atoms with Crippen LogP contribution >= 0.6 is 0 Å². The van der Waals surface area contributed by atoms with Crippen LogP contribution in [-0.2, 0) is 16.1 Å². The Morgan fingerprint density at radius 2 is 2.00 bits per heavy atom. The van der Waals surface area contributed by atoms with Crippen molar-refractivity contribution in [3.8, 4) is 6.07 Å². The van der Waals surface area contributed by atoms with Crippen LogP contribution in [0.2, 0.25) is 0 Å². The molecule has 1 aliphatic rings. The van der Waals surface area contributed by atoms with Gasteiger partial charge >= 0.3 is 6.09 Å². The van der Waals surface area contributed by atoms with Crippen molar-refractivity contribution < 1.29 is 14.3 Å². The van der Waals surface area contributed by atoms with E-state index in [4.69, 9.17) is 10.00 Å². The topological polar surface area (TPSA) is 82.4 Å². The molecule has 1 saturated heterocycles. The number of benzene rings is 1. The van der Waals surface area contributed by atoms with Gasteiger partial charge in [0.1, 0.15) is 11.6 Å². The molecule has 1 N–H and O–H groups in total. The molecule has 6 nitrogen and oxygen atoms in total. The molecule has 1 fully saturated rings. The van der Waals surface area contributed by atoms with Crippen LogP contribution in [0.5, 0.6) is 0 Å². The van der Waals surface area contributed by atoms with E-state index < -0.39 is 17.7 Å². The van der Waals surface area contributed by atoms with Gasteiger partial charge in [-0.2, -0.15) is 5.26 Å². The molecule has 1 atom stereocenters. The standard InChI is InChI=1S/C18H23N3O3/c1-18(2,3)24-17(23)21-10-4-5-15(21)16(22)20-12-14-8-6-13(11-19)7-9-14/h6-9,15H,4-5,10,12H2,1-3H3,(H,20,22)/t15-/m1/s1. The van der Waals surface area contributed by atoms with E-state index >= 15 is 0 Å².